The lowest BCUT2D eigenvalue weighted by Gasteiger charge is -2.58. The molecule has 176 valence electrons. The molecular formula is C29H48O2. The minimum absolute atomic E-state index is 0.262. The highest BCUT2D eigenvalue weighted by atomic mass is 16.5. The number of carbonyl (C=O) groups excluding carboxylic acids is 1. The highest BCUT2D eigenvalue weighted by Gasteiger charge is 2.59. The van der Waals surface area contributed by atoms with Crippen LogP contribution in [-0.2, 0) is 9.53 Å². The first-order valence-corrected chi connectivity index (χ1v) is 13.5. The quantitative estimate of drug-likeness (QED) is 0.294. The van der Waals surface area contributed by atoms with Gasteiger partial charge < -0.3 is 9.53 Å². The highest BCUT2D eigenvalue weighted by Crippen LogP contribution is 2.67. The van der Waals surface area contributed by atoms with E-state index in [0.29, 0.717) is 10.8 Å². The minimum atomic E-state index is 0.262. The molecule has 0 radical (unpaired) electrons. The number of carbonyl (C=O) groups is 1. The summed E-state index contributed by atoms with van der Waals surface area (Å²) in [7, 11) is 0. The molecule has 0 bridgehead atoms. The van der Waals surface area contributed by atoms with Gasteiger partial charge in [-0.25, -0.2) is 0 Å². The standard InChI is InChI=1S/C29H48O2/c1-20(2)7-6-8-21(3)25-11-12-26-24-10-9-22-19-23(31-18-17-30)13-15-28(22,4)27(24)14-16-29(25,26)5/h9,17,20-21,23-27H,6-8,10-16,18-19H2,1-5H3. The molecule has 8 unspecified atom stereocenters. The molecule has 3 saturated carbocycles. The van der Waals surface area contributed by atoms with E-state index in [2.05, 4.69) is 40.7 Å². The van der Waals surface area contributed by atoms with E-state index in [4.69, 9.17) is 4.74 Å². The highest BCUT2D eigenvalue weighted by molar-refractivity contribution is 5.50. The molecule has 0 amide bonds. The Balaban J connectivity index is 1.45. The van der Waals surface area contributed by atoms with E-state index in [1.54, 1.807) is 5.57 Å². The van der Waals surface area contributed by atoms with Gasteiger partial charge in [0.25, 0.3) is 0 Å². The zero-order chi connectivity index (χ0) is 22.2. The molecule has 3 fully saturated rings. The maximum Gasteiger partial charge on any atom is 0.145 e. The van der Waals surface area contributed by atoms with Crippen molar-refractivity contribution in [2.45, 2.75) is 111 Å². The van der Waals surface area contributed by atoms with Crippen molar-refractivity contribution in [3.05, 3.63) is 11.6 Å². The van der Waals surface area contributed by atoms with Crippen LogP contribution in [0.25, 0.3) is 0 Å². The van der Waals surface area contributed by atoms with E-state index >= 15 is 0 Å². The van der Waals surface area contributed by atoms with Gasteiger partial charge in [-0.1, -0.05) is 65.5 Å². The Bertz CT molecular complexity index is 666. The predicted octanol–water partition coefficient (Wildman–Crippen LogP) is 7.61. The summed E-state index contributed by atoms with van der Waals surface area (Å²) >= 11 is 0. The molecule has 0 saturated heterocycles. The van der Waals surface area contributed by atoms with E-state index in [1.165, 1.54) is 57.8 Å². The van der Waals surface area contributed by atoms with Crippen molar-refractivity contribution < 1.29 is 9.53 Å². The van der Waals surface area contributed by atoms with Gasteiger partial charge in [-0.2, -0.15) is 0 Å². The molecule has 0 N–H and O–H groups in total. The molecule has 4 rings (SSSR count). The van der Waals surface area contributed by atoms with Crippen molar-refractivity contribution in [2.75, 3.05) is 6.61 Å². The van der Waals surface area contributed by atoms with Crippen molar-refractivity contribution in [1.82, 2.24) is 0 Å². The Morgan fingerprint density at radius 1 is 1.06 bits per heavy atom. The van der Waals surface area contributed by atoms with Gasteiger partial charge in [0.15, 0.2) is 0 Å². The Morgan fingerprint density at radius 2 is 1.87 bits per heavy atom. The maximum atomic E-state index is 10.7. The van der Waals surface area contributed by atoms with Gasteiger partial charge in [-0.15, -0.1) is 0 Å². The number of aldehydes is 1. The zero-order valence-electron chi connectivity index (χ0n) is 21.0. The molecular weight excluding hydrogens is 380 g/mol. The smallest absolute Gasteiger partial charge is 0.145 e. The van der Waals surface area contributed by atoms with Gasteiger partial charge in [0, 0.05) is 0 Å². The van der Waals surface area contributed by atoms with Crippen molar-refractivity contribution in [1.29, 1.82) is 0 Å². The Kier molecular flexibility index (Phi) is 7.07. The lowest BCUT2D eigenvalue weighted by atomic mass is 9.47. The lowest BCUT2D eigenvalue weighted by molar-refractivity contribution is -0.115. The lowest BCUT2D eigenvalue weighted by Crippen LogP contribution is -2.51. The first kappa shape index (κ1) is 23.5. The summed E-state index contributed by atoms with van der Waals surface area (Å²) in [5, 5.41) is 0. The molecule has 0 aromatic heterocycles. The first-order chi connectivity index (χ1) is 14.8. The van der Waals surface area contributed by atoms with Crippen molar-refractivity contribution in [2.24, 2.45) is 46.3 Å². The molecule has 2 heteroatoms. The third kappa shape index (κ3) is 4.32. The second-order valence-corrected chi connectivity index (χ2v) is 12.7. The summed E-state index contributed by atoms with van der Waals surface area (Å²) in [5.74, 6) is 5.37. The van der Waals surface area contributed by atoms with Crippen LogP contribution in [0.5, 0.6) is 0 Å². The summed E-state index contributed by atoms with van der Waals surface area (Å²) in [6.07, 6.45) is 18.6. The van der Waals surface area contributed by atoms with Crippen LogP contribution >= 0.6 is 0 Å². The largest absolute Gasteiger partial charge is 0.370 e. The summed E-state index contributed by atoms with van der Waals surface area (Å²) in [4.78, 5) is 10.7. The van der Waals surface area contributed by atoms with E-state index in [1.807, 2.05) is 0 Å². The Morgan fingerprint density at radius 3 is 2.61 bits per heavy atom. The molecule has 8 atom stereocenters. The normalized spacial score (nSPS) is 43.0. The Labute approximate surface area is 192 Å². The average molecular weight is 429 g/mol. The van der Waals surface area contributed by atoms with Crippen LogP contribution < -0.4 is 0 Å². The number of rotatable bonds is 8. The summed E-state index contributed by atoms with van der Waals surface area (Å²) < 4.78 is 5.83. The van der Waals surface area contributed by atoms with Gasteiger partial charge in [-0.05, 0) is 97.7 Å². The summed E-state index contributed by atoms with van der Waals surface area (Å²) in [6, 6.07) is 0. The third-order valence-electron chi connectivity index (χ3n) is 10.7. The monoisotopic (exact) mass is 428 g/mol. The van der Waals surface area contributed by atoms with Crippen LogP contribution in [0, 0.1) is 46.3 Å². The molecule has 2 nitrogen and oxygen atoms in total. The second kappa shape index (κ2) is 9.32. The molecule has 31 heavy (non-hydrogen) atoms. The molecule has 0 aromatic carbocycles. The zero-order valence-corrected chi connectivity index (χ0v) is 21.0. The van der Waals surface area contributed by atoms with E-state index < -0.39 is 0 Å². The third-order valence-corrected chi connectivity index (χ3v) is 10.7. The van der Waals surface area contributed by atoms with E-state index in [9.17, 15) is 4.79 Å². The number of fused-ring (bicyclic) bond motifs is 5. The van der Waals surface area contributed by atoms with Crippen LogP contribution in [0.4, 0.5) is 0 Å². The molecule has 4 aliphatic carbocycles. The van der Waals surface area contributed by atoms with E-state index in [-0.39, 0.29) is 12.7 Å². The predicted molar refractivity (Wildman–Crippen MR) is 129 cm³/mol. The molecule has 0 aromatic rings. The fourth-order valence-electron chi connectivity index (χ4n) is 8.97. The van der Waals surface area contributed by atoms with Gasteiger partial charge in [0.05, 0.1) is 6.10 Å². The van der Waals surface area contributed by atoms with Crippen molar-refractivity contribution in [3.63, 3.8) is 0 Å². The fourth-order valence-corrected chi connectivity index (χ4v) is 8.97. The van der Waals surface area contributed by atoms with Crippen molar-refractivity contribution in [3.8, 4) is 0 Å². The number of ether oxygens (including phenoxy) is 1. The molecule has 0 heterocycles. The summed E-state index contributed by atoms with van der Waals surface area (Å²) in [5.41, 5.74) is 2.62. The number of hydrogen-bond donors (Lipinski definition) is 0. The second-order valence-electron chi connectivity index (χ2n) is 12.7. The first-order valence-electron chi connectivity index (χ1n) is 13.5. The van der Waals surface area contributed by atoms with Gasteiger partial charge in [0.1, 0.15) is 12.9 Å². The fraction of sp³-hybridized carbons (Fsp3) is 0.897. The van der Waals surface area contributed by atoms with Crippen LogP contribution in [0.3, 0.4) is 0 Å². The van der Waals surface area contributed by atoms with Crippen LogP contribution in [-0.4, -0.2) is 19.0 Å². The van der Waals surface area contributed by atoms with Crippen LogP contribution in [0.2, 0.25) is 0 Å². The molecule has 0 aliphatic heterocycles. The SMILES string of the molecule is CC(C)CCCC(C)C1CCC2C3CC=C4CC(OCC=O)CCC4(C)C3CCC12C. The molecule has 4 aliphatic rings. The number of hydrogen-bond acceptors (Lipinski definition) is 2. The summed E-state index contributed by atoms with van der Waals surface area (Å²) in [6.45, 7) is 12.8. The minimum Gasteiger partial charge on any atom is -0.370 e. The number of allylic oxidation sites excluding steroid dienone is 1. The topological polar surface area (TPSA) is 26.3 Å². The van der Waals surface area contributed by atoms with Crippen molar-refractivity contribution >= 4 is 6.29 Å². The Hall–Kier alpha value is -0.630. The maximum absolute atomic E-state index is 10.7. The van der Waals surface area contributed by atoms with Crippen LogP contribution in [0.15, 0.2) is 11.6 Å². The molecule has 0 spiro atoms. The van der Waals surface area contributed by atoms with Gasteiger partial charge in [-0.3, -0.25) is 0 Å². The van der Waals surface area contributed by atoms with Gasteiger partial charge >= 0.3 is 0 Å². The van der Waals surface area contributed by atoms with Crippen LogP contribution in [0.1, 0.15) is 105 Å². The average Bonchev–Trinajstić information content (AvgIpc) is 3.09. The van der Waals surface area contributed by atoms with E-state index in [0.717, 1.165) is 54.6 Å². The van der Waals surface area contributed by atoms with Gasteiger partial charge in [0.2, 0.25) is 0 Å².